The van der Waals surface area contributed by atoms with E-state index in [9.17, 15) is 0 Å². The van der Waals surface area contributed by atoms with Gasteiger partial charge in [-0.05, 0) is 36.1 Å². The standard InChI is InChI=1S/C12H15NS/c13-10-6-3-5-9-8-4-1-2-7-11(8)14-12(9)10/h1,4-5,8,14H,2-3,6-7,13H2. The Hall–Kier alpha value is -0.760. The van der Waals surface area contributed by atoms with Crippen LogP contribution in [0.5, 0.6) is 0 Å². The second-order valence-electron chi connectivity index (χ2n) is 4.12. The van der Waals surface area contributed by atoms with Gasteiger partial charge in [-0.2, -0.15) is 11.4 Å². The highest BCUT2D eigenvalue weighted by atomic mass is 32.1. The molecule has 1 atom stereocenters. The van der Waals surface area contributed by atoms with Crippen molar-refractivity contribution in [2.75, 3.05) is 0 Å². The maximum Gasteiger partial charge on any atom is 0.0292 e. The summed E-state index contributed by atoms with van der Waals surface area (Å²) in [6.07, 6.45) is 11.8. The molecule has 1 nitrogen and oxygen atoms in total. The molecule has 2 heteroatoms. The van der Waals surface area contributed by atoms with E-state index in [1.54, 1.807) is 4.86 Å². The third-order valence-electron chi connectivity index (χ3n) is 3.20. The first-order valence-corrected chi connectivity index (χ1v) is 6.19. The lowest BCUT2D eigenvalue weighted by molar-refractivity contribution is 0.875. The van der Waals surface area contributed by atoms with Gasteiger partial charge >= 0.3 is 0 Å². The molecule has 2 N–H and O–H groups in total. The molecular weight excluding hydrogens is 190 g/mol. The molecule has 74 valence electrons. The molecule has 1 aliphatic heterocycles. The fourth-order valence-corrected chi connectivity index (χ4v) is 3.98. The van der Waals surface area contributed by atoms with Crippen LogP contribution in [0, 0.1) is 5.92 Å². The Kier molecular flexibility index (Phi) is 1.91. The maximum absolute atomic E-state index is 6.07. The summed E-state index contributed by atoms with van der Waals surface area (Å²) < 4.78 is 0. The molecule has 2 aliphatic carbocycles. The van der Waals surface area contributed by atoms with Gasteiger partial charge in [0.25, 0.3) is 0 Å². The second-order valence-corrected chi connectivity index (χ2v) is 5.36. The molecular formula is C12H15NS. The third kappa shape index (κ3) is 1.13. The number of allylic oxidation sites excluding steroid dienone is 5. The van der Waals surface area contributed by atoms with Crippen LogP contribution >= 0.6 is 11.4 Å². The van der Waals surface area contributed by atoms with Crippen molar-refractivity contribution in [2.24, 2.45) is 11.7 Å². The Labute approximate surface area is 88.3 Å². The number of nitrogens with two attached hydrogens (primary N) is 1. The van der Waals surface area contributed by atoms with Gasteiger partial charge in [0.2, 0.25) is 0 Å². The minimum Gasteiger partial charge on any atom is -0.401 e. The first-order valence-electron chi connectivity index (χ1n) is 5.29. The predicted octanol–water partition coefficient (Wildman–Crippen LogP) is 2.49. The van der Waals surface area contributed by atoms with Crippen LogP contribution in [0.1, 0.15) is 25.7 Å². The Morgan fingerprint density at radius 2 is 2.21 bits per heavy atom. The lowest BCUT2D eigenvalue weighted by atomic mass is 9.86. The molecule has 0 amide bonds. The minimum absolute atomic E-state index is 0.610. The van der Waals surface area contributed by atoms with Gasteiger partial charge in [0.15, 0.2) is 0 Å². The molecule has 0 radical (unpaired) electrons. The van der Waals surface area contributed by atoms with E-state index in [0.717, 1.165) is 18.5 Å². The van der Waals surface area contributed by atoms with E-state index < -0.39 is 0 Å². The molecule has 0 spiro atoms. The van der Waals surface area contributed by atoms with Gasteiger partial charge in [-0.15, -0.1) is 0 Å². The van der Waals surface area contributed by atoms with Crippen molar-refractivity contribution in [3.05, 3.63) is 34.4 Å². The van der Waals surface area contributed by atoms with Crippen molar-refractivity contribution >= 4 is 16.2 Å². The van der Waals surface area contributed by atoms with Crippen LogP contribution in [0.2, 0.25) is 0 Å². The highest BCUT2D eigenvalue weighted by molar-refractivity contribution is 8.03. The second kappa shape index (κ2) is 3.13. The topological polar surface area (TPSA) is 26.0 Å². The fourth-order valence-electron chi connectivity index (χ4n) is 2.48. The molecule has 1 unspecified atom stereocenters. The number of thiol groups is 1. The Morgan fingerprint density at radius 3 is 3.14 bits per heavy atom. The number of hydrogen-bond acceptors (Lipinski definition) is 1. The van der Waals surface area contributed by atoms with Gasteiger partial charge in [0.1, 0.15) is 0 Å². The van der Waals surface area contributed by atoms with Crippen LogP contribution in [0.4, 0.5) is 0 Å². The Bertz CT molecular complexity index is 399. The van der Waals surface area contributed by atoms with Crippen molar-refractivity contribution < 1.29 is 0 Å². The number of fused-ring (bicyclic) bond motifs is 3. The number of rotatable bonds is 0. The van der Waals surface area contributed by atoms with Crippen molar-refractivity contribution in [3.8, 4) is 0 Å². The summed E-state index contributed by atoms with van der Waals surface area (Å²) >= 11 is 1.42. The van der Waals surface area contributed by atoms with Crippen LogP contribution in [0.15, 0.2) is 34.4 Å². The van der Waals surface area contributed by atoms with Gasteiger partial charge in [-0.3, -0.25) is 0 Å². The van der Waals surface area contributed by atoms with E-state index in [1.807, 2.05) is 0 Å². The van der Waals surface area contributed by atoms with Crippen LogP contribution in [-0.2, 0) is 0 Å². The maximum atomic E-state index is 6.07. The average molecular weight is 205 g/mol. The van der Waals surface area contributed by atoms with Crippen LogP contribution < -0.4 is 5.73 Å². The quantitative estimate of drug-likeness (QED) is 0.355. The van der Waals surface area contributed by atoms with E-state index in [2.05, 4.69) is 18.2 Å². The normalized spacial score (nSPS) is 30.1. The first-order chi connectivity index (χ1) is 6.86. The summed E-state index contributed by atoms with van der Waals surface area (Å²) in [4.78, 5) is 3.10. The third-order valence-corrected chi connectivity index (χ3v) is 4.76. The highest BCUT2D eigenvalue weighted by Crippen LogP contribution is 2.43. The van der Waals surface area contributed by atoms with E-state index >= 15 is 0 Å². The molecule has 14 heavy (non-hydrogen) atoms. The van der Waals surface area contributed by atoms with E-state index in [0.29, 0.717) is 5.92 Å². The van der Waals surface area contributed by atoms with E-state index in [1.165, 1.54) is 34.7 Å². The van der Waals surface area contributed by atoms with Gasteiger partial charge in [-0.1, -0.05) is 18.2 Å². The largest absolute Gasteiger partial charge is 0.401 e. The zero-order valence-electron chi connectivity index (χ0n) is 8.16. The lowest BCUT2D eigenvalue weighted by Crippen LogP contribution is -2.13. The Balaban J connectivity index is 2.12. The van der Waals surface area contributed by atoms with Crippen LogP contribution in [0.3, 0.4) is 0 Å². The summed E-state index contributed by atoms with van der Waals surface area (Å²) in [5, 5.41) is 0. The van der Waals surface area contributed by atoms with Gasteiger partial charge in [-0.25, -0.2) is 0 Å². The minimum atomic E-state index is 0.610. The molecule has 3 rings (SSSR count). The highest BCUT2D eigenvalue weighted by Gasteiger charge is 2.29. The molecule has 1 heterocycles. The molecule has 0 aromatic heterocycles. The van der Waals surface area contributed by atoms with E-state index in [-0.39, 0.29) is 0 Å². The predicted molar refractivity (Wildman–Crippen MR) is 64.4 cm³/mol. The monoisotopic (exact) mass is 205 g/mol. The van der Waals surface area contributed by atoms with Crippen molar-refractivity contribution in [2.45, 2.75) is 25.7 Å². The SMILES string of the molecule is NC1=C2[SH]=C3CCC=CC3C2=CCC1. The smallest absolute Gasteiger partial charge is 0.0292 e. The number of hydrogen-bond donors (Lipinski definition) is 2. The average Bonchev–Trinajstić information content (AvgIpc) is 2.59. The lowest BCUT2D eigenvalue weighted by Gasteiger charge is -2.19. The Morgan fingerprint density at radius 1 is 1.29 bits per heavy atom. The molecule has 0 aromatic rings. The van der Waals surface area contributed by atoms with Gasteiger partial charge < -0.3 is 5.73 Å². The summed E-state index contributed by atoms with van der Waals surface area (Å²) in [7, 11) is 0. The van der Waals surface area contributed by atoms with Crippen LogP contribution in [-0.4, -0.2) is 4.86 Å². The van der Waals surface area contributed by atoms with Gasteiger partial charge in [0.05, 0.1) is 0 Å². The van der Waals surface area contributed by atoms with Crippen molar-refractivity contribution in [3.63, 3.8) is 0 Å². The first kappa shape index (κ1) is 8.54. The molecule has 0 saturated heterocycles. The summed E-state index contributed by atoms with van der Waals surface area (Å²) in [5.74, 6) is 0.610. The van der Waals surface area contributed by atoms with Crippen LogP contribution in [0.25, 0.3) is 0 Å². The molecule has 3 aliphatic rings. The molecule has 0 bridgehead atoms. The summed E-state index contributed by atoms with van der Waals surface area (Å²) in [5.41, 5.74) is 8.72. The molecule has 0 saturated carbocycles. The fraction of sp³-hybridized carbons (Fsp3) is 0.417. The van der Waals surface area contributed by atoms with E-state index in [4.69, 9.17) is 5.73 Å². The molecule has 0 fully saturated rings. The molecule has 0 aromatic carbocycles. The van der Waals surface area contributed by atoms with Crippen molar-refractivity contribution in [1.29, 1.82) is 0 Å². The van der Waals surface area contributed by atoms with Gasteiger partial charge in [0, 0.05) is 16.5 Å². The summed E-state index contributed by atoms with van der Waals surface area (Å²) in [6, 6.07) is 0. The van der Waals surface area contributed by atoms with Crippen molar-refractivity contribution in [1.82, 2.24) is 0 Å². The zero-order valence-corrected chi connectivity index (χ0v) is 9.06. The summed E-state index contributed by atoms with van der Waals surface area (Å²) in [6.45, 7) is 0. The zero-order chi connectivity index (χ0) is 9.54.